The summed E-state index contributed by atoms with van der Waals surface area (Å²) in [5.41, 5.74) is -0.191. The number of aliphatic hydroxyl groups excluding tert-OH is 1. The van der Waals surface area contributed by atoms with Crippen LogP contribution in [0.25, 0.3) is 0 Å². The summed E-state index contributed by atoms with van der Waals surface area (Å²) in [6, 6.07) is 7.34. The summed E-state index contributed by atoms with van der Waals surface area (Å²) in [6.07, 6.45) is 3.62. The third-order valence-electron chi connectivity index (χ3n) is 4.07. The van der Waals surface area contributed by atoms with Crippen LogP contribution in [0.15, 0.2) is 24.3 Å². The molecule has 4 heteroatoms. The fourth-order valence-electron chi connectivity index (χ4n) is 3.05. The Bertz CT molecular complexity index is 501. The normalized spacial score (nSPS) is 22.5. The predicted molar refractivity (Wildman–Crippen MR) is 83.1 cm³/mol. The fraction of sp³-hybridized carbons (Fsp3) is 0.588. The molecule has 0 unspecified atom stereocenters. The number of carbonyl (C=O) groups is 1. The second-order valence-corrected chi connectivity index (χ2v) is 5.95. The van der Waals surface area contributed by atoms with E-state index in [1.165, 1.54) is 0 Å². The van der Waals surface area contributed by atoms with Gasteiger partial charge < -0.3 is 15.1 Å². The molecule has 1 amide bonds. The highest BCUT2D eigenvalue weighted by atomic mass is 16.3. The number of unbranched alkanes of at least 4 members (excludes halogenated alkanes) is 3. The highest BCUT2D eigenvalue weighted by Gasteiger charge is 2.49. The summed E-state index contributed by atoms with van der Waals surface area (Å²) in [4.78, 5) is 14.3. The Balaban J connectivity index is 2.22. The maximum absolute atomic E-state index is 12.6. The molecule has 0 aromatic heterocycles. The number of fused-ring (bicyclic) bond motifs is 1. The van der Waals surface area contributed by atoms with Gasteiger partial charge in [-0.3, -0.25) is 4.79 Å². The van der Waals surface area contributed by atoms with Gasteiger partial charge >= 0.3 is 0 Å². The van der Waals surface area contributed by atoms with E-state index < -0.39 is 11.7 Å². The van der Waals surface area contributed by atoms with Gasteiger partial charge in [0.15, 0.2) is 5.60 Å². The Morgan fingerprint density at radius 2 is 1.95 bits per heavy atom. The van der Waals surface area contributed by atoms with Crippen LogP contribution in [0.2, 0.25) is 0 Å². The van der Waals surface area contributed by atoms with E-state index in [1.54, 1.807) is 17.9 Å². The molecule has 2 rings (SSSR count). The molecule has 0 fully saturated rings. The van der Waals surface area contributed by atoms with Crippen LogP contribution in [-0.4, -0.2) is 28.8 Å². The minimum Gasteiger partial charge on any atom is -0.393 e. The Labute approximate surface area is 126 Å². The number of para-hydroxylation sites is 1. The van der Waals surface area contributed by atoms with Gasteiger partial charge in [-0.1, -0.05) is 44.4 Å². The van der Waals surface area contributed by atoms with Crippen LogP contribution in [0, 0.1) is 0 Å². The van der Waals surface area contributed by atoms with Crippen molar-refractivity contribution in [3.8, 4) is 0 Å². The zero-order valence-electron chi connectivity index (χ0n) is 12.9. The van der Waals surface area contributed by atoms with E-state index >= 15 is 0 Å². The van der Waals surface area contributed by atoms with Crippen molar-refractivity contribution in [3.05, 3.63) is 29.8 Å². The molecule has 1 aliphatic rings. The summed E-state index contributed by atoms with van der Waals surface area (Å²) in [5.74, 6) is -0.305. The van der Waals surface area contributed by atoms with Crippen LogP contribution in [-0.2, 0) is 10.4 Å². The topological polar surface area (TPSA) is 60.8 Å². The minimum atomic E-state index is -1.59. The molecule has 0 bridgehead atoms. The van der Waals surface area contributed by atoms with Crippen molar-refractivity contribution in [2.75, 3.05) is 11.4 Å². The summed E-state index contributed by atoms with van der Waals surface area (Å²) < 4.78 is 0. The van der Waals surface area contributed by atoms with Gasteiger partial charge in [0.25, 0.3) is 5.91 Å². The van der Waals surface area contributed by atoms with Gasteiger partial charge in [-0.05, 0) is 19.4 Å². The number of carbonyl (C=O) groups excluding carboxylic acids is 1. The molecule has 0 aliphatic carbocycles. The lowest BCUT2D eigenvalue weighted by atomic mass is 9.90. The van der Waals surface area contributed by atoms with Crippen LogP contribution in [0.1, 0.15) is 51.5 Å². The molecule has 116 valence electrons. The second-order valence-electron chi connectivity index (χ2n) is 5.95. The molecule has 21 heavy (non-hydrogen) atoms. The van der Waals surface area contributed by atoms with Crippen molar-refractivity contribution in [2.45, 2.75) is 57.7 Å². The molecule has 0 spiro atoms. The lowest BCUT2D eigenvalue weighted by Gasteiger charge is -2.24. The SMILES string of the molecule is CCCCCCN1C(=O)[C@@](O)(C[C@H](C)O)c2ccccc21. The Morgan fingerprint density at radius 1 is 1.24 bits per heavy atom. The highest BCUT2D eigenvalue weighted by molar-refractivity contribution is 6.06. The fourth-order valence-corrected chi connectivity index (χ4v) is 3.05. The number of anilines is 1. The van der Waals surface area contributed by atoms with Crippen LogP contribution in [0.4, 0.5) is 5.69 Å². The number of benzene rings is 1. The molecule has 0 radical (unpaired) electrons. The van der Waals surface area contributed by atoms with Gasteiger partial charge in [0, 0.05) is 18.5 Å². The number of amides is 1. The summed E-state index contributed by atoms with van der Waals surface area (Å²) in [7, 11) is 0. The van der Waals surface area contributed by atoms with Crippen molar-refractivity contribution >= 4 is 11.6 Å². The maximum Gasteiger partial charge on any atom is 0.263 e. The van der Waals surface area contributed by atoms with Crippen molar-refractivity contribution in [2.24, 2.45) is 0 Å². The van der Waals surface area contributed by atoms with Gasteiger partial charge in [-0.25, -0.2) is 0 Å². The predicted octanol–water partition coefficient (Wildman–Crippen LogP) is 2.57. The van der Waals surface area contributed by atoms with Crippen LogP contribution in [0.5, 0.6) is 0 Å². The van der Waals surface area contributed by atoms with Gasteiger partial charge in [0.1, 0.15) is 0 Å². The van der Waals surface area contributed by atoms with Gasteiger partial charge in [0.2, 0.25) is 0 Å². The quantitative estimate of drug-likeness (QED) is 0.759. The Hall–Kier alpha value is -1.39. The standard InChI is InChI=1S/C17H25NO3/c1-3-4-5-8-11-18-15-10-7-6-9-14(15)17(21,16(18)20)12-13(2)19/h6-7,9-10,13,19,21H,3-5,8,11-12H2,1-2H3/t13-,17+/m0/s1. The van der Waals surface area contributed by atoms with Crippen molar-refractivity contribution in [1.82, 2.24) is 0 Å². The monoisotopic (exact) mass is 291 g/mol. The van der Waals surface area contributed by atoms with Crippen molar-refractivity contribution < 1.29 is 15.0 Å². The molecule has 4 nitrogen and oxygen atoms in total. The number of hydrogen-bond donors (Lipinski definition) is 2. The van der Waals surface area contributed by atoms with Gasteiger partial charge in [-0.15, -0.1) is 0 Å². The van der Waals surface area contributed by atoms with Crippen molar-refractivity contribution in [1.29, 1.82) is 0 Å². The average Bonchev–Trinajstić information content (AvgIpc) is 2.65. The third kappa shape index (κ3) is 3.11. The van der Waals surface area contributed by atoms with Gasteiger partial charge in [-0.2, -0.15) is 0 Å². The van der Waals surface area contributed by atoms with Crippen LogP contribution < -0.4 is 4.90 Å². The van der Waals surface area contributed by atoms with E-state index in [0.717, 1.165) is 31.4 Å². The number of aliphatic hydroxyl groups is 2. The molecule has 2 atom stereocenters. The lowest BCUT2D eigenvalue weighted by molar-refractivity contribution is -0.139. The van der Waals surface area contributed by atoms with E-state index in [1.807, 2.05) is 18.2 Å². The number of nitrogens with zero attached hydrogens (tertiary/aromatic N) is 1. The molecule has 0 saturated carbocycles. The van der Waals surface area contributed by atoms with Crippen LogP contribution in [0.3, 0.4) is 0 Å². The first-order valence-corrected chi connectivity index (χ1v) is 7.82. The third-order valence-corrected chi connectivity index (χ3v) is 4.07. The second kappa shape index (κ2) is 6.58. The molecular formula is C17H25NO3. The summed E-state index contributed by atoms with van der Waals surface area (Å²) in [5, 5.41) is 20.4. The first-order chi connectivity index (χ1) is 10.0. The molecule has 1 aromatic rings. The molecule has 1 aliphatic heterocycles. The van der Waals surface area contributed by atoms with E-state index in [4.69, 9.17) is 0 Å². The van der Waals surface area contributed by atoms with E-state index in [-0.39, 0.29) is 12.3 Å². The molecule has 1 heterocycles. The Morgan fingerprint density at radius 3 is 2.62 bits per heavy atom. The number of hydrogen-bond acceptors (Lipinski definition) is 3. The number of rotatable bonds is 7. The van der Waals surface area contributed by atoms with Crippen molar-refractivity contribution in [3.63, 3.8) is 0 Å². The van der Waals surface area contributed by atoms with Crippen LogP contribution >= 0.6 is 0 Å². The summed E-state index contributed by atoms with van der Waals surface area (Å²) in [6.45, 7) is 4.37. The smallest absolute Gasteiger partial charge is 0.263 e. The Kier molecular flexibility index (Phi) is 5.01. The largest absolute Gasteiger partial charge is 0.393 e. The molecule has 1 aromatic carbocycles. The van der Waals surface area contributed by atoms with E-state index in [0.29, 0.717) is 12.1 Å². The minimum absolute atomic E-state index is 0.0360. The molecule has 0 saturated heterocycles. The first-order valence-electron chi connectivity index (χ1n) is 7.82. The average molecular weight is 291 g/mol. The molecule has 2 N–H and O–H groups in total. The zero-order valence-corrected chi connectivity index (χ0v) is 12.9. The molecular weight excluding hydrogens is 266 g/mol. The first kappa shape index (κ1) is 16.0. The highest BCUT2D eigenvalue weighted by Crippen LogP contribution is 2.42. The maximum atomic E-state index is 12.6. The lowest BCUT2D eigenvalue weighted by Crippen LogP contribution is -2.42. The van der Waals surface area contributed by atoms with Gasteiger partial charge in [0.05, 0.1) is 11.8 Å². The zero-order chi connectivity index (χ0) is 15.5. The van der Waals surface area contributed by atoms with E-state index in [9.17, 15) is 15.0 Å². The van der Waals surface area contributed by atoms with E-state index in [2.05, 4.69) is 6.92 Å². The summed E-state index contributed by atoms with van der Waals surface area (Å²) >= 11 is 0.